The largest absolute Gasteiger partial charge is 3.00 e. The molecule has 0 atom stereocenters. The van der Waals surface area contributed by atoms with E-state index in [0.29, 0.717) is 0 Å². The summed E-state index contributed by atoms with van der Waals surface area (Å²) in [6.07, 6.45) is 6.52. The third-order valence-corrected chi connectivity index (χ3v) is 6.42. The molecule has 0 aliphatic rings. The van der Waals surface area contributed by atoms with E-state index in [1.54, 1.807) is 6.20 Å². The van der Waals surface area contributed by atoms with Gasteiger partial charge in [-0.2, -0.15) is 24.3 Å². The first-order chi connectivity index (χ1) is 18.8. The molecule has 0 N–H and O–H groups in total. The molecule has 5 aromatic carbocycles. The van der Waals surface area contributed by atoms with Crippen molar-refractivity contribution in [1.82, 2.24) is 9.97 Å². The molecule has 7 rings (SSSR count). The zero-order valence-electron chi connectivity index (χ0n) is 21.0. The molecule has 0 spiro atoms. The average Bonchev–Trinajstić information content (AvgIpc) is 3.02. The molecule has 0 amide bonds. The number of fused-ring (bicyclic) bond motifs is 3. The molecule has 0 aliphatic carbocycles. The molecule has 2 heterocycles. The number of benzene rings is 5. The van der Waals surface area contributed by atoms with Crippen LogP contribution in [0.15, 0.2) is 140 Å². The van der Waals surface area contributed by atoms with E-state index in [0.717, 1.165) is 22.4 Å². The first-order valence-corrected chi connectivity index (χ1v) is 12.5. The van der Waals surface area contributed by atoms with Crippen LogP contribution in [0, 0.1) is 18.3 Å². The Morgan fingerprint density at radius 1 is 0.513 bits per heavy atom. The first-order valence-electron chi connectivity index (χ1n) is 12.5. The van der Waals surface area contributed by atoms with E-state index in [1.165, 1.54) is 32.7 Å². The smallest absolute Gasteiger partial charge is 0.371 e. The van der Waals surface area contributed by atoms with E-state index in [-0.39, 0.29) is 20.1 Å². The SMILES string of the molecule is [Ir+3].[c-]1cc2c(ccc3ccccc32)cc1-c1ccccn1.[c-]1ncccc1-c1[c-]ccc(-c2ccccc2)c1. The van der Waals surface area contributed by atoms with Crippen LogP contribution in [-0.2, 0) is 20.1 Å². The Balaban J connectivity index is 0.000000155. The Labute approximate surface area is 242 Å². The summed E-state index contributed by atoms with van der Waals surface area (Å²) in [5.41, 5.74) is 6.37. The second-order valence-electron chi connectivity index (χ2n) is 8.87. The van der Waals surface area contributed by atoms with E-state index in [2.05, 4.69) is 101 Å². The van der Waals surface area contributed by atoms with Crippen LogP contribution in [0.25, 0.3) is 55.1 Å². The van der Waals surface area contributed by atoms with Crippen LogP contribution in [0.3, 0.4) is 0 Å². The Bertz CT molecular complexity index is 1750. The van der Waals surface area contributed by atoms with Crippen molar-refractivity contribution in [2.75, 3.05) is 0 Å². The Hall–Kier alpha value is -4.43. The molecule has 3 heteroatoms. The summed E-state index contributed by atoms with van der Waals surface area (Å²) in [6.45, 7) is 0. The standard InChI is InChI=1S/C19H12N.C17H11N.Ir/c1-2-6-17-14(5-1)8-9-15-13-16(10-11-18(15)17)19-7-3-4-12-20-19;1-2-6-14(7-3-1)15-8-4-9-16(12-15)17-10-5-11-18-13-17;/h1-9,11-13H;1-8,10-12H;/q-1;-2;+3. The number of aromatic nitrogens is 2. The first kappa shape index (κ1) is 26.2. The van der Waals surface area contributed by atoms with Gasteiger partial charge in [0.25, 0.3) is 0 Å². The Morgan fingerprint density at radius 3 is 2.15 bits per heavy atom. The molecule has 0 aliphatic heterocycles. The van der Waals surface area contributed by atoms with Crippen molar-refractivity contribution in [3.8, 4) is 33.5 Å². The van der Waals surface area contributed by atoms with Gasteiger partial charge in [0.2, 0.25) is 0 Å². The minimum atomic E-state index is 0. The molecule has 0 radical (unpaired) electrons. The summed E-state index contributed by atoms with van der Waals surface area (Å²) in [6, 6.07) is 49.9. The van der Waals surface area contributed by atoms with Gasteiger partial charge in [-0.25, -0.2) is 11.1 Å². The summed E-state index contributed by atoms with van der Waals surface area (Å²) in [5.74, 6) is 0. The molecular weight excluding hydrogens is 653 g/mol. The summed E-state index contributed by atoms with van der Waals surface area (Å²) in [7, 11) is 0. The molecule has 0 saturated carbocycles. The summed E-state index contributed by atoms with van der Waals surface area (Å²) in [5, 5.41) is 5.00. The number of pyridine rings is 2. The van der Waals surface area contributed by atoms with Crippen molar-refractivity contribution >= 4 is 21.5 Å². The molecule has 0 unspecified atom stereocenters. The molecule has 7 aromatic rings. The fourth-order valence-electron chi connectivity index (χ4n) is 4.53. The predicted octanol–water partition coefficient (Wildman–Crippen LogP) is 8.87. The van der Waals surface area contributed by atoms with Crippen LogP contribution in [0.1, 0.15) is 0 Å². The molecule has 0 fully saturated rings. The third-order valence-electron chi connectivity index (χ3n) is 6.42. The summed E-state index contributed by atoms with van der Waals surface area (Å²) < 4.78 is 0. The van der Waals surface area contributed by atoms with Gasteiger partial charge in [0.1, 0.15) is 0 Å². The van der Waals surface area contributed by atoms with Gasteiger partial charge in [-0.1, -0.05) is 102 Å². The van der Waals surface area contributed by atoms with Crippen molar-refractivity contribution in [2.24, 2.45) is 0 Å². The molecule has 0 bridgehead atoms. The van der Waals surface area contributed by atoms with Gasteiger partial charge in [0, 0.05) is 6.20 Å². The summed E-state index contributed by atoms with van der Waals surface area (Å²) >= 11 is 0. The van der Waals surface area contributed by atoms with Gasteiger partial charge in [0.05, 0.1) is 0 Å². The van der Waals surface area contributed by atoms with E-state index < -0.39 is 0 Å². The van der Waals surface area contributed by atoms with Crippen molar-refractivity contribution in [3.63, 3.8) is 0 Å². The summed E-state index contributed by atoms with van der Waals surface area (Å²) in [4.78, 5) is 8.41. The Kier molecular flexibility index (Phi) is 8.33. The van der Waals surface area contributed by atoms with Gasteiger partial charge in [-0.15, -0.1) is 46.8 Å². The van der Waals surface area contributed by atoms with Crippen LogP contribution in [0.4, 0.5) is 0 Å². The van der Waals surface area contributed by atoms with Gasteiger partial charge in [-0.3, -0.25) is 0 Å². The Morgan fingerprint density at radius 2 is 1.33 bits per heavy atom. The number of hydrogen-bond acceptors (Lipinski definition) is 2. The maximum absolute atomic E-state index is 4.39. The van der Waals surface area contributed by atoms with Crippen LogP contribution >= 0.6 is 0 Å². The zero-order chi connectivity index (χ0) is 25.6. The van der Waals surface area contributed by atoms with Gasteiger partial charge < -0.3 is 9.97 Å². The van der Waals surface area contributed by atoms with Crippen LogP contribution in [0.2, 0.25) is 0 Å². The topological polar surface area (TPSA) is 25.8 Å². The molecule has 2 aromatic heterocycles. The third kappa shape index (κ3) is 6.02. The van der Waals surface area contributed by atoms with E-state index in [4.69, 9.17) is 0 Å². The second-order valence-corrected chi connectivity index (χ2v) is 8.87. The van der Waals surface area contributed by atoms with Crippen molar-refractivity contribution in [2.45, 2.75) is 0 Å². The molecule has 0 saturated heterocycles. The number of rotatable bonds is 3. The van der Waals surface area contributed by atoms with Crippen LogP contribution in [0.5, 0.6) is 0 Å². The normalized spacial score (nSPS) is 10.4. The average molecular weight is 676 g/mol. The van der Waals surface area contributed by atoms with E-state index in [9.17, 15) is 0 Å². The van der Waals surface area contributed by atoms with E-state index >= 15 is 0 Å². The maximum Gasteiger partial charge on any atom is 3.00 e. The van der Waals surface area contributed by atoms with Gasteiger partial charge in [0.15, 0.2) is 0 Å². The zero-order valence-corrected chi connectivity index (χ0v) is 23.4. The van der Waals surface area contributed by atoms with Crippen molar-refractivity contribution in [1.29, 1.82) is 0 Å². The van der Waals surface area contributed by atoms with E-state index in [1.807, 2.05) is 60.8 Å². The number of nitrogens with zero attached hydrogens (tertiary/aromatic N) is 2. The fraction of sp³-hybridized carbons (Fsp3) is 0. The fourth-order valence-corrected chi connectivity index (χ4v) is 4.53. The number of hydrogen-bond donors (Lipinski definition) is 0. The quantitative estimate of drug-likeness (QED) is 0.138. The maximum atomic E-state index is 4.39. The molecule has 39 heavy (non-hydrogen) atoms. The van der Waals surface area contributed by atoms with Gasteiger partial charge >= 0.3 is 20.1 Å². The van der Waals surface area contributed by atoms with Crippen molar-refractivity contribution < 1.29 is 20.1 Å². The molecule has 186 valence electrons. The van der Waals surface area contributed by atoms with Crippen LogP contribution < -0.4 is 0 Å². The minimum absolute atomic E-state index is 0. The van der Waals surface area contributed by atoms with Crippen LogP contribution in [-0.4, -0.2) is 9.97 Å². The minimum Gasteiger partial charge on any atom is -0.371 e. The van der Waals surface area contributed by atoms with Crippen molar-refractivity contribution in [3.05, 3.63) is 158 Å². The van der Waals surface area contributed by atoms with Gasteiger partial charge in [-0.05, 0) is 22.7 Å². The monoisotopic (exact) mass is 676 g/mol. The molecular formula is C36H23IrN2. The molecule has 2 nitrogen and oxygen atoms in total. The second kappa shape index (κ2) is 12.4. The predicted molar refractivity (Wildman–Crippen MR) is 156 cm³/mol.